The Hall–Kier alpha value is -0.970. The molecule has 2 unspecified atom stereocenters. The van der Waals surface area contributed by atoms with Crippen LogP contribution in [-0.4, -0.2) is 60.6 Å². The van der Waals surface area contributed by atoms with Crippen LogP contribution in [0, 0.1) is 0 Å². The van der Waals surface area contributed by atoms with E-state index in [4.69, 9.17) is 0 Å². The number of aromatic nitrogens is 1. The maximum atomic E-state index is 4.21. The molecule has 106 valence electrons. The lowest BCUT2D eigenvalue weighted by molar-refractivity contribution is 0.172. The summed E-state index contributed by atoms with van der Waals surface area (Å²) in [4.78, 5) is 9.28. The Labute approximate surface area is 116 Å². The zero-order valence-electron chi connectivity index (χ0n) is 12.3. The van der Waals surface area contributed by atoms with Crippen LogP contribution in [0.2, 0.25) is 0 Å². The molecule has 0 radical (unpaired) electrons. The average Bonchev–Trinajstić information content (AvgIpc) is 2.55. The molecule has 19 heavy (non-hydrogen) atoms. The second kappa shape index (κ2) is 6.98. The van der Waals surface area contributed by atoms with Gasteiger partial charge in [0.2, 0.25) is 0 Å². The van der Waals surface area contributed by atoms with E-state index in [2.05, 4.69) is 40.1 Å². The van der Waals surface area contributed by atoms with Gasteiger partial charge in [0.05, 0.1) is 0 Å². The van der Waals surface area contributed by atoms with Crippen molar-refractivity contribution in [1.29, 1.82) is 0 Å². The molecule has 1 saturated heterocycles. The second-order valence-electron chi connectivity index (χ2n) is 5.61. The molecule has 0 spiro atoms. The summed E-state index contributed by atoms with van der Waals surface area (Å²) in [5, 5.41) is 3.32. The molecule has 1 aliphatic heterocycles. The van der Waals surface area contributed by atoms with E-state index in [0.717, 1.165) is 19.6 Å². The normalized spacial score (nSPS) is 26.3. The molecule has 4 heteroatoms. The number of hydrogen-bond acceptors (Lipinski definition) is 4. The van der Waals surface area contributed by atoms with Crippen LogP contribution in [0.3, 0.4) is 0 Å². The van der Waals surface area contributed by atoms with Crippen LogP contribution in [0.1, 0.15) is 18.9 Å². The Morgan fingerprint density at radius 1 is 1.47 bits per heavy atom. The fourth-order valence-corrected chi connectivity index (χ4v) is 2.79. The number of nitrogens with one attached hydrogen (secondary N) is 1. The molecular formula is C15H26N4. The molecule has 1 N–H and O–H groups in total. The van der Waals surface area contributed by atoms with E-state index in [0.29, 0.717) is 12.1 Å². The zero-order valence-corrected chi connectivity index (χ0v) is 12.3. The summed E-state index contributed by atoms with van der Waals surface area (Å²) >= 11 is 0. The highest BCUT2D eigenvalue weighted by Gasteiger charge is 2.26. The van der Waals surface area contributed by atoms with Crippen molar-refractivity contribution in [3.8, 4) is 0 Å². The lowest BCUT2D eigenvalue weighted by Gasteiger charge is -2.31. The minimum atomic E-state index is 0.583. The first-order valence-electron chi connectivity index (χ1n) is 7.18. The van der Waals surface area contributed by atoms with Gasteiger partial charge < -0.3 is 5.32 Å². The van der Waals surface area contributed by atoms with Crippen LogP contribution >= 0.6 is 0 Å². The molecule has 0 aliphatic carbocycles. The summed E-state index contributed by atoms with van der Waals surface area (Å²) in [5.41, 5.74) is 1.31. The standard InChI is InChI=1S/C15H26N4/c1-13-6-8-19(11-14-5-4-7-17-9-14)12-15(10-16-2)18(13)3/h4-5,7,9,13,15-16H,6,8,10-12H2,1-3H3. The maximum absolute atomic E-state index is 4.21. The third-order valence-electron chi connectivity index (χ3n) is 4.17. The van der Waals surface area contributed by atoms with Gasteiger partial charge in [0, 0.05) is 50.7 Å². The number of nitrogens with zero attached hydrogens (tertiary/aromatic N) is 3. The molecule has 2 heterocycles. The van der Waals surface area contributed by atoms with Gasteiger partial charge in [-0.2, -0.15) is 0 Å². The summed E-state index contributed by atoms with van der Waals surface area (Å²) in [6.07, 6.45) is 5.05. The van der Waals surface area contributed by atoms with Crippen LogP contribution in [0.15, 0.2) is 24.5 Å². The maximum Gasteiger partial charge on any atom is 0.0347 e. The average molecular weight is 262 g/mol. The Bertz CT molecular complexity index is 368. The van der Waals surface area contributed by atoms with E-state index in [9.17, 15) is 0 Å². The van der Waals surface area contributed by atoms with Crippen molar-refractivity contribution >= 4 is 0 Å². The van der Waals surface area contributed by atoms with Crippen molar-refractivity contribution in [1.82, 2.24) is 20.1 Å². The number of pyridine rings is 1. The first kappa shape index (κ1) is 14.4. The summed E-state index contributed by atoms with van der Waals surface area (Å²) < 4.78 is 0. The first-order valence-corrected chi connectivity index (χ1v) is 7.18. The van der Waals surface area contributed by atoms with Gasteiger partial charge in [0.15, 0.2) is 0 Å². The third-order valence-corrected chi connectivity index (χ3v) is 4.17. The summed E-state index contributed by atoms with van der Waals surface area (Å²) in [6.45, 7) is 6.67. The molecule has 2 atom stereocenters. The van der Waals surface area contributed by atoms with Gasteiger partial charge in [-0.05, 0) is 39.1 Å². The van der Waals surface area contributed by atoms with Crippen molar-refractivity contribution in [2.24, 2.45) is 0 Å². The van der Waals surface area contributed by atoms with Crippen molar-refractivity contribution in [2.75, 3.05) is 33.7 Å². The van der Waals surface area contributed by atoms with Crippen LogP contribution in [0.25, 0.3) is 0 Å². The largest absolute Gasteiger partial charge is 0.318 e. The zero-order chi connectivity index (χ0) is 13.7. The van der Waals surface area contributed by atoms with Gasteiger partial charge in [-0.1, -0.05) is 6.07 Å². The van der Waals surface area contributed by atoms with Crippen molar-refractivity contribution in [2.45, 2.75) is 32.0 Å². The van der Waals surface area contributed by atoms with Gasteiger partial charge in [0.1, 0.15) is 0 Å². The van der Waals surface area contributed by atoms with E-state index in [-0.39, 0.29) is 0 Å². The quantitative estimate of drug-likeness (QED) is 0.883. The van der Waals surface area contributed by atoms with Crippen LogP contribution in [0.4, 0.5) is 0 Å². The van der Waals surface area contributed by atoms with Crippen LogP contribution < -0.4 is 5.32 Å². The topological polar surface area (TPSA) is 31.4 Å². The van der Waals surface area contributed by atoms with E-state index in [1.165, 1.54) is 18.5 Å². The third kappa shape index (κ3) is 4.00. The van der Waals surface area contributed by atoms with E-state index in [1.807, 2.05) is 25.5 Å². The Morgan fingerprint density at radius 2 is 2.32 bits per heavy atom. The Kier molecular flexibility index (Phi) is 5.31. The van der Waals surface area contributed by atoms with Crippen LogP contribution in [0.5, 0.6) is 0 Å². The van der Waals surface area contributed by atoms with Crippen molar-refractivity contribution in [3.63, 3.8) is 0 Å². The molecule has 4 nitrogen and oxygen atoms in total. The molecule has 2 rings (SSSR count). The van der Waals surface area contributed by atoms with E-state index < -0.39 is 0 Å². The van der Waals surface area contributed by atoms with Gasteiger partial charge in [-0.25, -0.2) is 0 Å². The lowest BCUT2D eigenvalue weighted by atomic mass is 10.2. The summed E-state index contributed by atoms with van der Waals surface area (Å²) in [6, 6.07) is 5.42. The SMILES string of the molecule is CNCC1CN(Cc2cccnc2)CCC(C)N1C. The Balaban J connectivity index is 2.01. The number of likely N-dealkylation sites (N-methyl/N-ethyl adjacent to an activating group) is 2. The van der Waals surface area contributed by atoms with Gasteiger partial charge in [-0.15, -0.1) is 0 Å². The lowest BCUT2D eigenvalue weighted by Crippen LogP contribution is -2.46. The van der Waals surface area contributed by atoms with Gasteiger partial charge >= 0.3 is 0 Å². The molecule has 1 aliphatic rings. The Morgan fingerprint density at radius 3 is 3.00 bits per heavy atom. The number of hydrogen-bond donors (Lipinski definition) is 1. The monoisotopic (exact) mass is 262 g/mol. The fraction of sp³-hybridized carbons (Fsp3) is 0.667. The highest BCUT2D eigenvalue weighted by molar-refractivity contribution is 5.08. The van der Waals surface area contributed by atoms with Gasteiger partial charge in [-0.3, -0.25) is 14.8 Å². The van der Waals surface area contributed by atoms with Crippen molar-refractivity contribution in [3.05, 3.63) is 30.1 Å². The van der Waals surface area contributed by atoms with Gasteiger partial charge in [0.25, 0.3) is 0 Å². The van der Waals surface area contributed by atoms with E-state index >= 15 is 0 Å². The molecular weight excluding hydrogens is 236 g/mol. The fourth-order valence-electron chi connectivity index (χ4n) is 2.79. The predicted molar refractivity (Wildman–Crippen MR) is 79.1 cm³/mol. The summed E-state index contributed by atoms with van der Waals surface area (Å²) in [5.74, 6) is 0. The highest BCUT2D eigenvalue weighted by atomic mass is 15.3. The second-order valence-corrected chi connectivity index (χ2v) is 5.61. The summed E-state index contributed by atoms with van der Waals surface area (Å²) in [7, 11) is 4.29. The minimum Gasteiger partial charge on any atom is -0.318 e. The van der Waals surface area contributed by atoms with E-state index in [1.54, 1.807) is 0 Å². The molecule has 0 amide bonds. The molecule has 1 aromatic heterocycles. The smallest absolute Gasteiger partial charge is 0.0347 e. The molecule has 1 fully saturated rings. The minimum absolute atomic E-state index is 0.583. The molecule has 0 aromatic carbocycles. The predicted octanol–water partition coefficient (Wildman–Crippen LogP) is 1.20. The van der Waals surface area contributed by atoms with Crippen molar-refractivity contribution < 1.29 is 0 Å². The first-order chi connectivity index (χ1) is 9.20. The number of rotatable bonds is 4. The molecule has 0 bridgehead atoms. The highest BCUT2D eigenvalue weighted by Crippen LogP contribution is 2.16. The molecule has 1 aromatic rings. The van der Waals surface area contributed by atoms with Crippen LogP contribution in [-0.2, 0) is 6.54 Å². The molecule has 0 saturated carbocycles.